The number of rotatable bonds is 4. The number of nitrogens with zero attached hydrogens (tertiary/aromatic N) is 1. The number of para-hydroxylation sites is 1. The van der Waals surface area contributed by atoms with Crippen LogP contribution in [0.15, 0.2) is 54.7 Å². The summed E-state index contributed by atoms with van der Waals surface area (Å²) >= 11 is 5.95. The maximum Gasteiger partial charge on any atom is 0.182 e. The fourth-order valence-corrected chi connectivity index (χ4v) is 2.86. The largest absolute Gasteiger partial charge is 0.339 e. The van der Waals surface area contributed by atoms with E-state index >= 15 is 0 Å². The van der Waals surface area contributed by atoms with Gasteiger partial charge < -0.3 is 4.57 Å². The Morgan fingerprint density at radius 3 is 2.71 bits per heavy atom. The molecule has 0 N–H and O–H groups in total. The van der Waals surface area contributed by atoms with Gasteiger partial charge in [0.1, 0.15) is 0 Å². The molecule has 0 unspecified atom stereocenters. The van der Waals surface area contributed by atoms with Crippen molar-refractivity contribution in [3.8, 4) is 0 Å². The molecule has 2 nitrogen and oxygen atoms in total. The molecule has 0 aliphatic heterocycles. The standard InChI is InChI=1S/C18H16ClNO/c1-2-13-5-3-6-14-9-10-20(18(13)14)12-17(21)15-7-4-8-16(19)11-15/h3-11H,2,12H2,1H3. The third-order valence-electron chi connectivity index (χ3n) is 3.71. The number of aromatic nitrogens is 1. The number of hydrogen-bond donors (Lipinski definition) is 0. The highest BCUT2D eigenvalue weighted by Gasteiger charge is 2.11. The quantitative estimate of drug-likeness (QED) is 0.638. The lowest BCUT2D eigenvalue weighted by Gasteiger charge is -2.08. The number of carbonyl (C=O) groups excluding carboxylic acids is 1. The highest BCUT2D eigenvalue weighted by molar-refractivity contribution is 6.31. The van der Waals surface area contributed by atoms with Crippen LogP contribution >= 0.6 is 11.6 Å². The zero-order chi connectivity index (χ0) is 14.8. The molecule has 0 spiro atoms. The number of fused-ring (bicyclic) bond motifs is 1. The van der Waals surface area contributed by atoms with E-state index in [1.54, 1.807) is 24.3 Å². The minimum Gasteiger partial charge on any atom is -0.339 e. The van der Waals surface area contributed by atoms with Gasteiger partial charge in [0.05, 0.1) is 12.1 Å². The van der Waals surface area contributed by atoms with Crippen LogP contribution in [-0.2, 0) is 13.0 Å². The van der Waals surface area contributed by atoms with E-state index in [0.717, 1.165) is 11.9 Å². The van der Waals surface area contributed by atoms with Gasteiger partial charge in [-0.2, -0.15) is 0 Å². The Labute approximate surface area is 129 Å². The maximum atomic E-state index is 12.4. The van der Waals surface area contributed by atoms with Crippen molar-refractivity contribution in [1.29, 1.82) is 0 Å². The first-order chi connectivity index (χ1) is 10.2. The molecule has 21 heavy (non-hydrogen) atoms. The first kappa shape index (κ1) is 13.9. The molecular formula is C18H16ClNO. The van der Waals surface area contributed by atoms with Crippen molar-refractivity contribution >= 4 is 28.3 Å². The van der Waals surface area contributed by atoms with Crippen LogP contribution in [0.25, 0.3) is 10.9 Å². The van der Waals surface area contributed by atoms with Crippen LogP contribution in [0.2, 0.25) is 5.02 Å². The Balaban J connectivity index is 1.97. The van der Waals surface area contributed by atoms with E-state index in [-0.39, 0.29) is 5.78 Å². The lowest BCUT2D eigenvalue weighted by Crippen LogP contribution is -2.10. The van der Waals surface area contributed by atoms with Crippen molar-refractivity contribution in [3.05, 3.63) is 70.9 Å². The summed E-state index contributed by atoms with van der Waals surface area (Å²) in [5.41, 5.74) is 3.06. The molecule has 3 rings (SSSR count). The number of halogens is 1. The average molecular weight is 298 g/mol. The molecule has 0 atom stereocenters. The minimum absolute atomic E-state index is 0.0703. The average Bonchev–Trinajstić information content (AvgIpc) is 2.90. The predicted molar refractivity (Wildman–Crippen MR) is 87.1 cm³/mol. The highest BCUT2D eigenvalue weighted by atomic mass is 35.5. The Kier molecular flexibility index (Phi) is 3.80. The normalized spacial score (nSPS) is 11.0. The molecule has 0 amide bonds. The Morgan fingerprint density at radius 1 is 1.14 bits per heavy atom. The Hall–Kier alpha value is -2.06. The Bertz CT molecular complexity index is 804. The number of benzene rings is 2. The first-order valence-electron chi connectivity index (χ1n) is 7.04. The smallest absolute Gasteiger partial charge is 0.182 e. The first-order valence-corrected chi connectivity index (χ1v) is 7.42. The molecule has 106 valence electrons. The van der Waals surface area contributed by atoms with Crippen molar-refractivity contribution < 1.29 is 4.79 Å². The van der Waals surface area contributed by atoms with E-state index in [0.29, 0.717) is 17.1 Å². The molecule has 0 bridgehead atoms. The number of Topliss-reactive ketones (excluding diaryl/α,β-unsaturated/α-hetero) is 1. The van der Waals surface area contributed by atoms with Gasteiger partial charge in [-0.25, -0.2) is 0 Å². The highest BCUT2D eigenvalue weighted by Crippen LogP contribution is 2.21. The van der Waals surface area contributed by atoms with Crippen LogP contribution in [0.3, 0.4) is 0 Å². The molecule has 0 aliphatic rings. The van der Waals surface area contributed by atoms with Gasteiger partial charge >= 0.3 is 0 Å². The molecule has 0 fully saturated rings. The molecule has 3 heteroatoms. The molecule has 0 saturated heterocycles. The van der Waals surface area contributed by atoms with Gasteiger partial charge in [-0.3, -0.25) is 4.79 Å². The summed E-state index contributed by atoms with van der Waals surface area (Å²) in [5.74, 6) is 0.0703. The molecule has 1 aromatic heterocycles. The summed E-state index contributed by atoms with van der Waals surface area (Å²) in [7, 11) is 0. The van der Waals surface area contributed by atoms with E-state index in [4.69, 9.17) is 11.6 Å². The van der Waals surface area contributed by atoms with Crippen LogP contribution in [0, 0.1) is 0 Å². The summed E-state index contributed by atoms with van der Waals surface area (Å²) in [4.78, 5) is 12.4. The van der Waals surface area contributed by atoms with Gasteiger partial charge in [0.2, 0.25) is 0 Å². The monoisotopic (exact) mass is 297 g/mol. The third-order valence-corrected chi connectivity index (χ3v) is 3.95. The van der Waals surface area contributed by atoms with Gasteiger partial charge in [0.25, 0.3) is 0 Å². The molecule has 2 aromatic carbocycles. The second kappa shape index (κ2) is 5.74. The van der Waals surface area contributed by atoms with Crippen molar-refractivity contribution in [3.63, 3.8) is 0 Å². The fourth-order valence-electron chi connectivity index (χ4n) is 2.67. The van der Waals surface area contributed by atoms with E-state index < -0.39 is 0 Å². The van der Waals surface area contributed by atoms with Crippen LogP contribution in [0.1, 0.15) is 22.8 Å². The van der Waals surface area contributed by atoms with Gasteiger partial charge in [0.15, 0.2) is 5.78 Å². The molecular weight excluding hydrogens is 282 g/mol. The summed E-state index contributed by atoms with van der Waals surface area (Å²) in [6.45, 7) is 2.46. The molecule has 0 radical (unpaired) electrons. The zero-order valence-electron chi connectivity index (χ0n) is 11.8. The number of carbonyl (C=O) groups is 1. The van der Waals surface area contributed by atoms with Crippen molar-refractivity contribution in [2.45, 2.75) is 19.9 Å². The SMILES string of the molecule is CCc1cccc2ccn(CC(=O)c3cccc(Cl)c3)c12. The molecule has 0 aliphatic carbocycles. The van der Waals surface area contributed by atoms with Crippen molar-refractivity contribution in [2.75, 3.05) is 0 Å². The number of aryl methyl sites for hydroxylation is 1. The second-order valence-corrected chi connectivity index (χ2v) is 5.52. The van der Waals surface area contributed by atoms with Crippen LogP contribution in [0.4, 0.5) is 0 Å². The number of ketones is 1. The maximum absolute atomic E-state index is 12.4. The van der Waals surface area contributed by atoms with Crippen molar-refractivity contribution in [2.24, 2.45) is 0 Å². The van der Waals surface area contributed by atoms with E-state index in [9.17, 15) is 4.79 Å². The van der Waals surface area contributed by atoms with Crippen LogP contribution in [-0.4, -0.2) is 10.4 Å². The lowest BCUT2D eigenvalue weighted by atomic mass is 10.1. The topological polar surface area (TPSA) is 22.0 Å². The van der Waals surface area contributed by atoms with E-state index in [1.807, 2.05) is 10.8 Å². The zero-order valence-corrected chi connectivity index (χ0v) is 12.6. The summed E-state index contributed by atoms with van der Waals surface area (Å²) in [6, 6.07) is 15.4. The Morgan fingerprint density at radius 2 is 1.95 bits per heavy atom. The lowest BCUT2D eigenvalue weighted by molar-refractivity contribution is 0.0973. The molecule has 1 heterocycles. The third kappa shape index (κ3) is 2.72. The predicted octanol–water partition coefficient (Wildman–Crippen LogP) is 4.74. The van der Waals surface area contributed by atoms with Gasteiger partial charge in [-0.05, 0) is 35.6 Å². The van der Waals surface area contributed by atoms with Crippen LogP contribution < -0.4 is 0 Å². The summed E-state index contributed by atoms with van der Waals surface area (Å²) in [6.07, 6.45) is 2.93. The van der Waals surface area contributed by atoms with Gasteiger partial charge in [-0.1, -0.05) is 48.9 Å². The van der Waals surface area contributed by atoms with Gasteiger partial charge in [0, 0.05) is 16.8 Å². The number of hydrogen-bond acceptors (Lipinski definition) is 1. The summed E-state index contributed by atoms with van der Waals surface area (Å²) in [5, 5.41) is 1.76. The van der Waals surface area contributed by atoms with Crippen molar-refractivity contribution in [1.82, 2.24) is 4.57 Å². The minimum atomic E-state index is 0.0703. The molecule has 0 saturated carbocycles. The van der Waals surface area contributed by atoms with E-state index in [1.165, 1.54) is 10.9 Å². The molecule has 3 aromatic rings. The summed E-state index contributed by atoms with van der Waals surface area (Å²) < 4.78 is 2.03. The van der Waals surface area contributed by atoms with Crippen LogP contribution in [0.5, 0.6) is 0 Å². The van der Waals surface area contributed by atoms with Gasteiger partial charge in [-0.15, -0.1) is 0 Å². The van der Waals surface area contributed by atoms with E-state index in [2.05, 4.69) is 31.2 Å². The fraction of sp³-hybridized carbons (Fsp3) is 0.167. The second-order valence-electron chi connectivity index (χ2n) is 5.09.